The lowest BCUT2D eigenvalue weighted by Gasteiger charge is -2.12. The summed E-state index contributed by atoms with van der Waals surface area (Å²) in [6.45, 7) is 4.47. The van der Waals surface area contributed by atoms with E-state index in [0.29, 0.717) is 12.2 Å². The first-order valence-electron chi connectivity index (χ1n) is 5.15. The van der Waals surface area contributed by atoms with Gasteiger partial charge in [0.2, 0.25) is 0 Å². The third kappa shape index (κ3) is 1.76. The zero-order valence-corrected chi connectivity index (χ0v) is 9.23. The summed E-state index contributed by atoms with van der Waals surface area (Å²) in [6.07, 6.45) is 0. The van der Waals surface area contributed by atoms with Crippen molar-refractivity contribution in [3.8, 4) is 0 Å². The molecule has 0 fully saturated rings. The van der Waals surface area contributed by atoms with Crippen LogP contribution in [0.2, 0.25) is 0 Å². The summed E-state index contributed by atoms with van der Waals surface area (Å²) in [4.78, 5) is 14.9. The fraction of sp³-hybridized carbons (Fsp3) is 0.364. The first kappa shape index (κ1) is 10.6. The Balaban J connectivity index is 2.61. The number of aliphatic imine (C=N–C) groups is 1. The van der Waals surface area contributed by atoms with Gasteiger partial charge in [-0.25, -0.2) is 0 Å². The Bertz CT molecular complexity index is 468. The number of nitrogens with one attached hydrogen (secondary N) is 1. The summed E-state index contributed by atoms with van der Waals surface area (Å²) in [6, 6.07) is 5.16. The van der Waals surface area contributed by atoms with Gasteiger partial charge in [-0.3, -0.25) is 15.1 Å². The van der Waals surface area contributed by atoms with Crippen molar-refractivity contribution in [2.24, 2.45) is 4.99 Å². The average molecular weight is 219 g/mol. The zero-order chi connectivity index (χ0) is 11.7. The number of fused-ring (bicyclic) bond motifs is 1. The van der Waals surface area contributed by atoms with Gasteiger partial charge >= 0.3 is 0 Å². The fourth-order valence-electron chi connectivity index (χ4n) is 1.80. The number of benzodiazepines with no additional fused rings is 1. The molecule has 1 aromatic rings. The molecule has 0 saturated heterocycles. The van der Waals surface area contributed by atoms with Crippen LogP contribution in [0.15, 0.2) is 23.2 Å². The van der Waals surface area contributed by atoms with Crippen molar-refractivity contribution in [3.63, 3.8) is 0 Å². The summed E-state index contributed by atoms with van der Waals surface area (Å²) in [5.74, 6) is 0. The smallest absolute Gasteiger partial charge is 0.293 e. The van der Waals surface area contributed by atoms with Gasteiger partial charge in [-0.15, -0.1) is 0 Å². The van der Waals surface area contributed by atoms with Gasteiger partial charge in [0, 0.05) is 23.4 Å². The van der Waals surface area contributed by atoms with E-state index in [1.165, 1.54) is 6.07 Å². The summed E-state index contributed by atoms with van der Waals surface area (Å²) in [5.41, 5.74) is 2.36. The van der Waals surface area contributed by atoms with E-state index < -0.39 is 0 Å². The second-order valence-corrected chi connectivity index (χ2v) is 3.93. The Morgan fingerprint density at radius 1 is 1.56 bits per heavy atom. The SMILES string of the molecule is CC1=NCC(C)Nc2c1cccc2[N+](=O)[O-]. The Hall–Kier alpha value is -1.91. The predicted molar refractivity (Wildman–Crippen MR) is 63.3 cm³/mol. The first-order valence-corrected chi connectivity index (χ1v) is 5.15. The molecule has 2 rings (SSSR count). The normalized spacial score (nSPS) is 19.1. The Morgan fingerprint density at radius 2 is 2.31 bits per heavy atom. The minimum atomic E-state index is -0.364. The molecule has 0 aromatic heterocycles. The third-order valence-electron chi connectivity index (χ3n) is 2.62. The highest BCUT2D eigenvalue weighted by atomic mass is 16.6. The third-order valence-corrected chi connectivity index (χ3v) is 2.62. The Labute approximate surface area is 93.3 Å². The summed E-state index contributed by atoms with van der Waals surface area (Å²) >= 11 is 0. The van der Waals surface area contributed by atoms with Crippen molar-refractivity contribution in [1.82, 2.24) is 0 Å². The number of nitro groups is 1. The fourth-order valence-corrected chi connectivity index (χ4v) is 1.80. The summed E-state index contributed by atoms with van der Waals surface area (Å²) in [7, 11) is 0. The van der Waals surface area contributed by atoms with E-state index >= 15 is 0 Å². The van der Waals surface area contributed by atoms with Crippen LogP contribution >= 0.6 is 0 Å². The molecule has 1 aliphatic heterocycles. The molecule has 0 radical (unpaired) electrons. The average Bonchev–Trinajstić information content (AvgIpc) is 2.38. The lowest BCUT2D eigenvalue weighted by atomic mass is 10.1. The molecule has 16 heavy (non-hydrogen) atoms. The molecule has 0 aliphatic carbocycles. The minimum absolute atomic E-state index is 0.109. The van der Waals surface area contributed by atoms with Crippen LogP contribution in [0.1, 0.15) is 19.4 Å². The second-order valence-electron chi connectivity index (χ2n) is 3.93. The van der Waals surface area contributed by atoms with Crippen LogP contribution < -0.4 is 5.32 Å². The van der Waals surface area contributed by atoms with Gasteiger partial charge in [-0.1, -0.05) is 12.1 Å². The largest absolute Gasteiger partial charge is 0.375 e. The minimum Gasteiger partial charge on any atom is -0.375 e. The second kappa shape index (κ2) is 3.92. The molecule has 1 unspecified atom stereocenters. The van der Waals surface area contributed by atoms with E-state index in [1.54, 1.807) is 6.07 Å². The van der Waals surface area contributed by atoms with E-state index in [2.05, 4.69) is 10.3 Å². The number of anilines is 1. The number of hydrogen-bond donors (Lipinski definition) is 1. The maximum atomic E-state index is 10.9. The number of nitro benzene ring substituents is 1. The van der Waals surface area contributed by atoms with Gasteiger partial charge in [0.25, 0.3) is 5.69 Å². The van der Waals surface area contributed by atoms with Gasteiger partial charge < -0.3 is 5.32 Å². The quantitative estimate of drug-likeness (QED) is 0.581. The van der Waals surface area contributed by atoms with Crippen molar-refractivity contribution in [3.05, 3.63) is 33.9 Å². The molecule has 1 N–H and O–H groups in total. The highest BCUT2D eigenvalue weighted by Gasteiger charge is 2.22. The predicted octanol–water partition coefficient (Wildman–Crippen LogP) is 2.22. The monoisotopic (exact) mass is 219 g/mol. The molecule has 0 bridgehead atoms. The molecule has 0 amide bonds. The number of hydrogen-bond acceptors (Lipinski definition) is 4. The van der Waals surface area contributed by atoms with Crippen LogP contribution in [0.25, 0.3) is 0 Å². The Kier molecular flexibility index (Phi) is 2.60. The van der Waals surface area contributed by atoms with Crippen molar-refractivity contribution in [2.45, 2.75) is 19.9 Å². The topological polar surface area (TPSA) is 67.5 Å². The van der Waals surface area contributed by atoms with E-state index in [0.717, 1.165) is 11.3 Å². The number of para-hydroxylation sites is 1. The maximum absolute atomic E-state index is 10.9. The molecule has 0 spiro atoms. The van der Waals surface area contributed by atoms with Gasteiger partial charge in [-0.2, -0.15) is 0 Å². The molecule has 1 heterocycles. The Morgan fingerprint density at radius 3 is 3.00 bits per heavy atom. The van der Waals surface area contributed by atoms with E-state index in [4.69, 9.17) is 0 Å². The van der Waals surface area contributed by atoms with Gasteiger partial charge in [-0.05, 0) is 13.8 Å². The maximum Gasteiger partial charge on any atom is 0.293 e. The molecule has 84 valence electrons. The van der Waals surface area contributed by atoms with E-state index in [-0.39, 0.29) is 16.7 Å². The molecule has 0 saturated carbocycles. The van der Waals surface area contributed by atoms with Gasteiger partial charge in [0.05, 0.1) is 11.5 Å². The van der Waals surface area contributed by atoms with Crippen LogP contribution in [0.3, 0.4) is 0 Å². The number of benzene rings is 1. The summed E-state index contributed by atoms with van der Waals surface area (Å²) < 4.78 is 0. The number of rotatable bonds is 1. The molecule has 1 atom stereocenters. The number of nitrogens with zero attached hydrogens (tertiary/aromatic N) is 2. The van der Waals surface area contributed by atoms with Crippen molar-refractivity contribution >= 4 is 17.1 Å². The molecular formula is C11H13N3O2. The van der Waals surface area contributed by atoms with Crippen LogP contribution in [0.4, 0.5) is 11.4 Å². The van der Waals surface area contributed by atoms with Crippen molar-refractivity contribution in [2.75, 3.05) is 11.9 Å². The zero-order valence-electron chi connectivity index (χ0n) is 9.23. The van der Waals surface area contributed by atoms with Crippen LogP contribution in [0.5, 0.6) is 0 Å². The standard InChI is InChI=1S/C11H13N3O2/c1-7-6-12-8(2)9-4-3-5-10(14(15)16)11(9)13-7/h3-5,7,13H,6H2,1-2H3. The summed E-state index contributed by atoms with van der Waals surface area (Å²) in [5, 5.41) is 14.1. The molecule has 1 aliphatic rings. The molecular weight excluding hydrogens is 206 g/mol. The lowest BCUT2D eigenvalue weighted by Crippen LogP contribution is -2.18. The molecule has 5 heteroatoms. The van der Waals surface area contributed by atoms with Gasteiger partial charge in [0.1, 0.15) is 5.69 Å². The van der Waals surface area contributed by atoms with Crippen molar-refractivity contribution < 1.29 is 4.92 Å². The highest BCUT2D eigenvalue weighted by molar-refractivity contribution is 6.05. The highest BCUT2D eigenvalue weighted by Crippen LogP contribution is 2.30. The van der Waals surface area contributed by atoms with Crippen LogP contribution in [0, 0.1) is 10.1 Å². The molecule has 1 aromatic carbocycles. The van der Waals surface area contributed by atoms with Crippen LogP contribution in [-0.4, -0.2) is 23.2 Å². The van der Waals surface area contributed by atoms with Gasteiger partial charge in [0.15, 0.2) is 0 Å². The van der Waals surface area contributed by atoms with E-state index in [9.17, 15) is 10.1 Å². The first-order chi connectivity index (χ1) is 7.59. The lowest BCUT2D eigenvalue weighted by molar-refractivity contribution is -0.384. The molecule has 5 nitrogen and oxygen atoms in total. The van der Waals surface area contributed by atoms with Crippen LogP contribution in [-0.2, 0) is 0 Å². The van der Waals surface area contributed by atoms with Crippen molar-refractivity contribution in [1.29, 1.82) is 0 Å². The van der Waals surface area contributed by atoms with E-state index in [1.807, 2.05) is 19.9 Å².